The molecule has 1 fully saturated rings. The van der Waals surface area contributed by atoms with Crippen molar-refractivity contribution >= 4 is 18.0 Å². The number of methoxy groups -OCH3 is 2. The molecule has 1 aromatic carbocycles. The van der Waals surface area contributed by atoms with Crippen LogP contribution in [-0.4, -0.2) is 68.3 Å². The number of hydrogen-bond acceptors (Lipinski definition) is 9. The third-order valence-corrected chi connectivity index (χ3v) is 5.47. The Morgan fingerprint density at radius 3 is 2.65 bits per heavy atom. The Kier molecular flexibility index (Phi) is 8.48. The van der Waals surface area contributed by atoms with Gasteiger partial charge in [0.25, 0.3) is 0 Å². The van der Waals surface area contributed by atoms with Crippen molar-refractivity contribution in [2.75, 3.05) is 21.0 Å². The summed E-state index contributed by atoms with van der Waals surface area (Å²) in [5, 5.41) is 10.7. The smallest absolute Gasteiger partial charge is 0.342 e. The molecule has 9 heteroatoms. The molecule has 1 N–H and O–H groups in total. The average molecular weight is 477 g/mol. The Hall–Kier alpha value is -2.72. The number of aliphatic hydroxyl groups is 1. The Bertz CT molecular complexity index is 950. The first-order valence-electron chi connectivity index (χ1n) is 11.1. The lowest BCUT2D eigenvalue weighted by molar-refractivity contribution is -0.152. The molecule has 0 aromatic heterocycles. The second kappa shape index (κ2) is 11.1. The number of carbonyl (C=O) groups is 2. The molecule has 1 unspecified atom stereocenters. The standard InChI is InChI=1S/C25H32O9/c1-15-8-6-10-18(26)22-20(33-25(2,3)34-22)11-7-9-16-17(23(27)30-5)12-13-19(31-14-29-4)21(16)24(28)32-15/h6-7,9-10,12-13,15,18,20,22,26H,8,11,14H2,1-5H3/b9-7?,10-6-/t15-,18?,20-,22+/m0/s1. The predicted octanol–water partition coefficient (Wildman–Crippen LogP) is 3.25. The van der Waals surface area contributed by atoms with Gasteiger partial charge in [0.05, 0.1) is 18.8 Å². The van der Waals surface area contributed by atoms with Crippen molar-refractivity contribution < 1.29 is 43.1 Å². The molecule has 0 aliphatic carbocycles. The first kappa shape index (κ1) is 25.9. The molecule has 0 saturated carbocycles. The largest absolute Gasteiger partial charge is 0.467 e. The molecule has 0 spiro atoms. The summed E-state index contributed by atoms with van der Waals surface area (Å²) >= 11 is 0. The molecule has 2 aliphatic heterocycles. The number of benzene rings is 1. The van der Waals surface area contributed by atoms with Crippen molar-refractivity contribution in [3.05, 3.63) is 47.1 Å². The van der Waals surface area contributed by atoms with Gasteiger partial charge in [0, 0.05) is 19.1 Å². The minimum atomic E-state index is -0.905. The molecule has 9 nitrogen and oxygen atoms in total. The molecule has 0 bridgehead atoms. The highest BCUT2D eigenvalue weighted by molar-refractivity contribution is 6.03. The van der Waals surface area contributed by atoms with Gasteiger partial charge >= 0.3 is 11.9 Å². The number of esters is 2. The predicted molar refractivity (Wildman–Crippen MR) is 122 cm³/mol. The van der Waals surface area contributed by atoms with Crippen LogP contribution in [-0.2, 0) is 23.7 Å². The summed E-state index contributed by atoms with van der Waals surface area (Å²) in [7, 11) is 2.73. The maximum atomic E-state index is 13.2. The SMILES string of the molecule is COCOc1ccc(C(=O)OC)c2c1C(=O)O[C@@H](C)C/C=C\C(O)[C@H]1OC(C)(C)O[C@H]1CC=C2. The van der Waals surface area contributed by atoms with E-state index < -0.39 is 42.1 Å². The van der Waals surface area contributed by atoms with Crippen LogP contribution in [0.2, 0.25) is 0 Å². The van der Waals surface area contributed by atoms with Crippen molar-refractivity contribution in [2.24, 2.45) is 0 Å². The van der Waals surface area contributed by atoms with Crippen molar-refractivity contribution in [1.29, 1.82) is 0 Å². The third kappa shape index (κ3) is 6.04. The molecular formula is C25H32O9. The highest BCUT2D eigenvalue weighted by Gasteiger charge is 2.43. The molecular weight excluding hydrogens is 444 g/mol. The zero-order valence-corrected chi connectivity index (χ0v) is 20.1. The van der Waals surface area contributed by atoms with E-state index in [9.17, 15) is 14.7 Å². The molecule has 1 aromatic rings. The number of hydrogen-bond donors (Lipinski definition) is 1. The Labute approximate surface area is 199 Å². The van der Waals surface area contributed by atoms with E-state index in [1.54, 1.807) is 45.1 Å². The van der Waals surface area contributed by atoms with E-state index in [1.807, 2.05) is 0 Å². The third-order valence-electron chi connectivity index (χ3n) is 5.47. The van der Waals surface area contributed by atoms with E-state index in [1.165, 1.54) is 26.4 Å². The number of rotatable bonds is 4. The molecule has 34 heavy (non-hydrogen) atoms. The van der Waals surface area contributed by atoms with Gasteiger partial charge in [-0.3, -0.25) is 0 Å². The normalized spacial score (nSPS) is 27.6. The van der Waals surface area contributed by atoms with E-state index in [0.29, 0.717) is 18.4 Å². The highest BCUT2D eigenvalue weighted by atomic mass is 16.8. The monoisotopic (exact) mass is 476 g/mol. The van der Waals surface area contributed by atoms with Gasteiger partial charge in [-0.25, -0.2) is 9.59 Å². The molecule has 3 rings (SSSR count). The van der Waals surface area contributed by atoms with Crippen LogP contribution in [0.5, 0.6) is 5.75 Å². The van der Waals surface area contributed by atoms with Gasteiger partial charge in [0.2, 0.25) is 0 Å². The number of aliphatic hydroxyl groups excluding tert-OH is 1. The van der Waals surface area contributed by atoms with E-state index in [0.717, 1.165) is 0 Å². The Morgan fingerprint density at radius 2 is 1.94 bits per heavy atom. The van der Waals surface area contributed by atoms with E-state index >= 15 is 0 Å². The van der Waals surface area contributed by atoms with Crippen molar-refractivity contribution in [3.8, 4) is 5.75 Å². The maximum Gasteiger partial charge on any atom is 0.342 e. The highest BCUT2D eigenvalue weighted by Crippen LogP contribution is 2.34. The minimum Gasteiger partial charge on any atom is -0.467 e. The van der Waals surface area contributed by atoms with Gasteiger partial charge in [0.1, 0.15) is 29.6 Å². The van der Waals surface area contributed by atoms with Crippen LogP contribution in [0.3, 0.4) is 0 Å². The van der Waals surface area contributed by atoms with Gasteiger partial charge in [-0.2, -0.15) is 0 Å². The van der Waals surface area contributed by atoms with Crippen molar-refractivity contribution in [3.63, 3.8) is 0 Å². The molecule has 2 aliphatic rings. The zero-order chi connectivity index (χ0) is 24.9. The van der Waals surface area contributed by atoms with E-state index in [4.69, 9.17) is 28.4 Å². The van der Waals surface area contributed by atoms with Crippen LogP contribution in [0, 0.1) is 0 Å². The summed E-state index contributed by atoms with van der Waals surface area (Å²) < 4.78 is 33.1. The molecule has 4 atom stereocenters. The number of ether oxygens (including phenoxy) is 6. The quantitative estimate of drug-likeness (QED) is 0.398. The summed E-state index contributed by atoms with van der Waals surface area (Å²) in [6.45, 7) is 5.21. The Morgan fingerprint density at radius 1 is 1.18 bits per heavy atom. The average Bonchev–Trinajstić information content (AvgIpc) is 3.10. The van der Waals surface area contributed by atoms with Crippen LogP contribution in [0.1, 0.15) is 59.9 Å². The number of carbonyl (C=O) groups excluding carboxylic acids is 2. The second-order valence-electron chi connectivity index (χ2n) is 8.59. The van der Waals surface area contributed by atoms with Crippen LogP contribution in [0.15, 0.2) is 30.4 Å². The van der Waals surface area contributed by atoms with Gasteiger partial charge in [-0.05, 0) is 39.3 Å². The number of fused-ring (bicyclic) bond motifs is 2. The van der Waals surface area contributed by atoms with E-state index in [-0.39, 0.29) is 23.7 Å². The summed E-state index contributed by atoms with van der Waals surface area (Å²) in [4.78, 5) is 25.7. The van der Waals surface area contributed by atoms with Gasteiger partial charge in [-0.15, -0.1) is 0 Å². The van der Waals surface area contributed by atoms with Gasteiger partial charge < -0.3 is 33.5 Å². The van der Waals surface area contributed by atoms with Gasteiger partial charge in [-0.1, -0.05) is 24.3 Å². The van der Waals surface area contributed by atoms with Crippen LogP contribution in [0.4, 0.5) is 0 Å². The molecule has 2 heterocycles. The first-order chi connectivity index (χ1) is 16.2. The van der Waals surface area contributed by atoms with Crippen molar-refractivity contribution in [1.82, 2.24) is 0 Å². The second-order valence-corrected chi connectivity index (χ2v) is 8.59. The first-order valence-corrected chi connectivity index (χ1v) is 11.1. The zero-order valence-electron chi connectivity index (χ0n) is 20.1. The maximum absolute atomic E-state index is 13.2. The number of cyclic esters (lactones) is 1. The summed E-state index contributed by atoms with van der Waals surface area (Å²) in [5.41, 5.74) is 0.556. The minimum absolute atomic E-state index is 0.0876. The van der Waals surface area contributed by atoms with E-state index in [2.05, 4.69) is 0 Å². The lowest BCUT2D eigenvalue weighted by atomic mass is 9.97. The van der Waals surface area contributed by atoms with Gasteiger partial charge in [0.15, 0.2) is 12.6 Å². The van der Waals surface area contributed by atoms with Crippen LogP contribution in [0.25, 0.3) is 6.08 Å². The summed E-state index contributed by atoms with van der Waals surface area (Å²) in [6.07, 6.45) is 5.01. The Balaban J connectivity index is 2.11. The summed E-state index contributed by atoms with van der Waals surface area (Å²) in [6, 6.07) is 3.03. The molecule has 0 amide bonds. The summed E-state index contributed by atoms with van der Waals surface area (Å²) in [5.74, 6) is -1.92. The molecule has 1 saturated heterocycles. The lowest BCUT2D eigenvalue weighted by Gasteiger charge is -2.21. The fourth-order valence-corrected chi connectivity index (χ4v) is 3.98. The van der Waals surface area contributed by atoms with Crippen LogP contribution >= 0.6 is 0 Å². The fourth-order valence-electron chi connectivity index (χ4n) is 3.98. The van der Waals surface area contributed by atoms with Crippen molar-refractivity contribution in [2.45, 2.75) is 63.8 Å². The topological polar surface area (TPSA) is 110 Å². The lowest BCUT2D eigenvalue weighted by Crippen LogP contribution is -2.34. The molecule has 0 radical (unpaired) electrons. The van der Waals surface area contributed by atoms with Crippen LogP contribution < -0.4 is 4.74 Å². The fraction of sp³-hybridized carbons (Fsp3) is 0.520. The molecule has 186 valence electrons.